The van der Waals surface area contributed by atoms with Gasteiger partial charge in [0.05, 0.1) is 17.9 Å². The molecule has 1 aliphatic rings. The zero-order valence-electron chi connectivity index (χ0n) is 16.7. The summed E-state index contributed by atoms with van der Waals surface area (Å²) >= 11 is 0. The van der Waals surface area contributed by atoms with Gasteiger partial charge < -0.3 is 14.5 Å². The summed E-state index contributed by atoms with van der Waals surface area (Å²) in [5.74, 6) is 0.0212. The van der Waals surface area contributed by atoms with Crippen LogP contribution >= 0.6 is 0 Å². The van der Waals surface area contributed by atoms with Gasteiger partial charge in [-0.25, -0.2) is 0 Å². The Morgan fingerprint density at radius 3 is 2.46 bits per heavy atom. The van der Waals surface area contributed by atoms with Gasteiger partial charge in [0.25, 0.3) is 0 Å². The Morgan fingerprint density at radius 1 is 1.27 bits per heavy atom. The number of oxime groups is 1. The second kappa shape index (κ2) is 8.49. The Labute approximate surface area is 156 Å². The van der Waals surface area contributed by atoms with Crippen molar-refractivity contribution in [2.45, 2.75) is 52.8 Å². The zero-order valence-corrected chi connectivity index (χ0v) is 16.7. The van der Waals surface area contributed by atoms with E-state index in [2.05, 4.69) is 25.1 Å². The van der Waals surface area contributed by atoms with Gasteiger partial charge in [-0.1, -0.05) is 55.4 Å². The van der Waals surface area contributed by atoms with E-state index in [1.54, 1.807) is 21.1 Å². The minimum atomic E-state index is -0.213. The second-order valence-corrected chi connectivity index (χ2v) is 7.52. The number of carbonyl (C=O) groups is 1. The van der Waals surface area contributed by atoms with Gasteiger partial charge in [-0.2, -0.15) is 0 Å². The van der Waals surface area contributed by atoms with Crippen LogP contribution in [0.15, 0.2) is 47.1 Å². The molecule has 0 saturated carbocycles. The summed E-state index contributed by atoms with van der Waals surface area (Å²) in [5, 5.41) is 4.20. The van der Waals surface area contributed by atoms with Crippen molar-refractivity contribution in [2.75, 3.05) is 14.2 Å². The van der Waals surface area contributed by atoms with Gasteiger partial charge in [0, 0.05) is 27.0 Å². The van der Waals surface area contributed by atoms with Crippen LogP contribution in [0, 0.1) is 5.41 Å². The molecule has 2 atom stereocenters. The molecule has 0 N–H and O–H groups in total. The van der Waals surface area contributed by atoms with Crippen LogP contribution in [0.25, 0.3) is 0 Å². The van der Waals surface area contributed by atoms with Gasteiger partial charge in [-0.15, -0.1) is 0 Å². The van der Waals surface area contributed by atoms with E-state index in [1.807, 2.05) is 42.2 Å². The summed E-state index contributed by atoms with van der Waals surface area (Å²) in [4.78, 5) is 19.4. The standard InChI is InChI=1S/C21H30N2O3/c1-15-12-19(20(25-5)21(3,4)13-18(15)22-26-6)23(16(2)24)14-17-10-8-7-9-11-17/h7-12,19-20H,13-14H2,1-6H3. The van der Waals surface area contributed by atoms with E-state index in [0.717, 1.165) is 23.3 Å². The van der Waals surface area contributed by atoms with Crippen molar-refractivity contribution in [1.29, 1.82) is 0 Å². The fourth-order valence-corrected chi connectivity index (χ4v) is 3.71. The molecule has 5 nitrogen and oxygen atoms in total. The summed E-state index contributed by atoms with van der Waals surface area (Å²) in [7, 11) is 3.27. The lowest BCUT2D eigenvalue weighted by molar-refractivity contribution is -0.136. The number of hydrogen-bond donors (Lipinski definition) is 0. The third-order valence-corrected chi connectivity index (χ3v) is 4.99. The minimum Gasteiger partial charge on any atom is -0.399 e. The van der Waals surface area contributed by atoms with Crippen LogP contribution in [0.2, 0.25) is 0 Å². The van der Waals surface area contributed by atoms with Crippen molar-refractivity contribution in [3.63, 3.8) is 0 Å². The van der Waals surface area contributed by atoms with Crippen molar-refractivity contribution in [1.82, 2.24) is 4.90 Å². The maximum absolute atomic E-state index is 12.5. The summed E-state index contributed by atoms with van der Waals surface area (Å²) < 4.78 is 5.91. The van der Waals surface area contributed by atoms with Gasteiger partial charge in [0.1, 0.15) is 7.11 Å². The van der Waals surface area contributed by atoms with Crippen molar-refractivity contribution >= 4 is 11.6 Å². The first-order valence-corrected chi connectivity index (χ1v) is 8.93. The number of methoxy groups -OCH3 is 1. The zero-order chi connectivity index (χ0) is 19.3. The molecular weight excluding hydrogens is 328 g/mol. The van der Waals surface area contributed by atoms with Crippen LogP contribution in [0.4, 0.5) is 0 Å². The van der Waals surface area contributed by atoms with Gasteiger partial charge in [0.15, 0.2) is 0 Å². The summed E-state index contributed by atoms with van der Waals surface area (Å²) in [6.07, 6.45) is 2.65. The predicted octanol–water partition coefficient (Wildman–Crippen LogP) is 3.80. The molecule has 0 aliphatic heterocycles. The molecule has 0 radical (unpaired) electrons. The number of hydrogen-bond acceptors (Lipinski definition) is 4. The quantitative estimate of drug-likeness (QED) is 0.752. The molecule has 2 rings (SSSR count). The summed E-state index contributed by atoms with van der Waals surface area (Å²) in [6, 6.07) is 9.84. The normalized spacial score (nSPS) is 23.9. The van der Waals surface area contributed by atoms with E-state index in [9.17, 15) is 4.79 Å². The highest BCUT2D eigenvalue weighted by atomic mass is 16.6. The highest BCUT2D eigenvalue weighted by Gasteiger charge is 2.42. The molecule has 5 heteroatoms. The third kappa shape index (κ3) is 4.52. The van der Waals surface area contributed by atoms with Gasteiger partial charge >= 0.3 is 0 Å². The van der Waals surface area contributed by atoms with Crippen LogP contribution in [-0.2, 0) is 20.9 Å². The predicted molar refractivity (Wildman–Crippen MR) is 104 cm³/mol. The van der Waals surface area contributed by atoms with Crippen LogP contribution in [0.1, 0.15) is 39.7 Å². The fraction of sp³-hybridized carbons (Fsp3) is 0.524. The van der Waals surface area contributed by atoms with E-state index < -0.39 is 0 Å². The molecule has 1 amide bonds. The molecule has 0 heterocycles. The number of amides is 1. The van der Waals surface area contributed by atoms with E-state index in [1.165, 1.54) is 0 Å². The first kappa shape index (κ1) is 20.2. The second-order valence-electron chi connectivity index (χ2n) is 7.52. The van der Waals surface area contributed by atoms with Gasteiger partial charge in [-0.3, -0.25) is 4.79 Å². The first-order chi connectivity index (χ1) is 12.3. The Balaban J connectivity index is 2.48. The first-order valence-electron chi connectivity index (χ1n) is 8.93. The maximum atomic E-state index is 12.5. The Morgan fingerprint density at radius 2 is 1.92 bits per heavy atom. The topological polar surface area (TPSA) is 51.1 Å². The molecule has 1 aromatic rings. The van der Waals surface area contributed by atoms with Gasteiger partial charge in [0.2, 0.25) is 5.91 Å². The van der Waals surface area contributed by atoms with E-state index in [4.69, 9.17) is 9.57 Å². The smallest absolute Gasteiger partial charge is 0.220 e. The molecule has 0 aromatic heterocycles. The lowest BCUT2D eigenvalue weighted by Gasteiger charge is -2.41. The van der Waals surface area contributed by atoms with E-state index in [0.29, 0.717) is 6.54 Å². The monoisotopic (exact) mass is 358 g/mol. The van der Waals surface area contributed by atoms with Crippen LogP contribution < -0.4 is 0 Å². The fourth-order valence-electron chi connectivity index (χ4n) is 3.71. The Hall–Kier alpha value is -2.14. The third-order valence-electron chi connectivity index (χ3n) is 4.99. The number of benzene rings is 1. The van der Waals surface area contributed by atoms with Crippen LogP contribution in [0.3, 0.4) is 0 Å². The average molecular weight is 358 g/mol. The van der Waals surface area contributed by atoms with Crippen molar-refractivity contribution in [3.05, 3.63) is 47.5 Å². The number of rotatable bonds is 5. The van der Waals surface area contributed by atoms with Crippen LogP contribution in [0.5, 0.6) is 0 Å². The van der Waals surface area contributed by atoms with Crippen molar-refractivity contribution < 1.29 is 14.4 Å². The van der Waals surface area contributed by atoms with E-state index >= 15 is 0 Å². The van der Waals surface area contributed by atoms with Crippen LogP contribution in [-0.4, -0.2) is 42.9 Å². The minimum absolute atomic E-state index is 0.0212. The average Bonchev–Trinajstić information content (AvgIpc) is 2.67. The molecule has 26 heavy (non-hydrogen) atoms. The number of carbonyl (C=O) groups excluding carboxylic acids is 1. The molecular formula is C21H30N2O3. The molecule has 1 aromatic carbocycles. The lowest BCUT2D eigenvalue weighted by atomic mass is 9.79. The highest BCUT2D eigenvalue weighted by molar-refractivity contribution is 6.00. The van der Waals surface area contributed by atoms with Crippen molar-refractivity contribution in [2.24, 2.45) is 10.6 Å². The molecule has 0 saturated heterocycles. The number of nitrogens with zero attached hydrogens (tertiary/aromatic N) is 2. The molecule has 0 spiro atoms. The molecule has 1 aliphatic carbocycles. The maximum Gasteiger partial charge on any atom is 0.220 e. The molecule has 142 valence electrons. The largest absolute Gasteiger partial charge is 0.399 e. The molecule has 0 bridgehead atoms. The summed E-state index contributed by atoms with van der Waals surface area (Å²) in [6.45, 7) is 8.46. The lowest BCUT2D eigenvalue weighted by Crippen LogP contribution is -2.50. The SMILES string of the molecule is CON=C1CC(C)(C)C(OC)C(N(Cc2ccccc2)C(C)=O)C=C1C. The molecule has 0 fully saturated rings. The highest BCUT2D eigenvalue weighted by Crippen LogP contribution is 2.37. The van der Waals surface area contributed by atoms with Crippen molar-refractivity contribution in [3.8, 4) is 0 Å². The van der Waals surface area contributed by atoms with E-state index in [-0.39, 0.29) is 23.5 Å². The molecule has 2 unspecified atom stereocenters. The summed E-state index contributed by atoms with van der Waals surface area (Å²) in [5.41, 5.74) is 2.79. The Bertz CT molecular complexity index is 680. The number of allylic oxidation sites excluding steroid dienone is 1. The van der Waals surface area contributed by atoms with Gasteiger partial charge in [-0.05, 0) is 23.5 Å². The Kier molecular flexibility index (Phi) is 6.59. The number of ether oxygens (including phenoxy) is 1.